The monoisotopic (exact) mass is 307 g/mol. The molecule has 0 fully saturated rings. The third-order valence-corrected chi connectivity index (χ3v) is 3.92. The van der Waals surface area contributed by atoms with Gasteiger partial charge in [-0.15, -0.1) is 0 Å². The molecule has 0 N–H and O–H groups in total. The standard InChI is InChI=1S/C19H21N3O/c1-13(23)8-17-9-14(6-7-20-17)16-10-18-15(12-22(2)3)4-5-19(18)21-11-16/h4,6-7,9-11H,5,8,12H2,1-3H3. The zero-order valence-electron chi connectivity index (χ0n) is 13.8. The molecule has 2 aromatic heterocycles. The lowest BCUT2D eigenvalue weighted by molar-refractivity contribution is -0.116. The van der Waals surface area contributed by atoms with E-state index in [-0.39, 0.29) is 5.78 Å². The van der Waals surface area contributed by atoms with Crippen molar-refractivity contribution in [2.45, 2.75) is 19.8 Å². The zero-order chi connectivity index (χ0) is 16.4. The molecule has 0 atom stereocenters. The van der Waals surface area contributed by atoms with Crippen LogP contribution in [-0.2, 0) is 17.6 Å². The Morgan fingerprint density at radius 1 is 1.22 bits per heavy atom. The van der Waals surface area contributed by atoms with Crippen LogP contribution in [0, 0.1) is 0 Å². The molecule has 4 nitrogen and oxygen atoms in total. The largest absolute Gasteiger partial charge is 0.305 e. The summed E-state index contributed by atoms with van der Waals surface area (Å²) in [6, 6.07) is 6.16. The highest BCUT2D eigenvalue weighted by molar-refractivity contribution is 5.79. The molecule has 0 spiro atoms. The molecule has 0 radical (unpaired) electrons. The highest BCUT2D eigenvalue weighted by Gasteiger charge is 2.17. The highest BCUT2D eigenvalue weighted by atomic mass is 16.1. The Kier molecular flexibility index (Phi) is 4.35. The van der Waals surface area contributed by atoms with Gasteiger partial charge in [0.2, 0.25) is 0 Å². The second-order valence-corrected chi connectivity index (χ2v) is 6.30. The van der Waals surface area contributed by atoms with Crippen molar-refractivity contribution >= 4 is 11.4 Å². The van der Waals surface area contributed by atoms with E-state index in [9.17, 15) is 4.79 Å². The van der Waals surface area contributed by atoms with Crippen LogP contribution in [0.3, 0.4) is 0 Å². The summed E-state index contributed by atoms with van der Waals surface area (Å²) in [7, 11) is 4.15. The van der Waals surface area contributed by atoms with E-state index in [2.05, 4.69) is 41.1 Å². The Morgan fingerprint density at radius 2 is 2.04 bits per heavy atom. The number of likely N-dealkylation sites (N-methyl/N-ethyl adjacent to an activating group) is 1. The summed E-state index contributed by atoms with van der Waals surface area (Å²) in [5, 5.41) is 0. The van der Waals surface area contributed by atoms with E-state index in [4.69, 9.17) is 0 Å². The van der Waals surface area contributed by atoms with Gasteiger partial charge in [0.25, 0.3) is 0 Å². The van der Waals surface area contributed by atoms with E-state index in [1.165, 1.54) is 11.1 Å². The van der Waals surface area contributed by atoms with Crippen LogP contribution in [0.5, 0.6) is 0 Å². The van der Waals surface area contributed by atoms with Gasteiger partial charge in [-0.25, -0.2) is 0 Å². The predicted octanol–water partition coefficient (Wildman–Crippen LogP) is 2.78. The minimum Gasteiger partial charge on any atom is -0.305 e. The molecule has 3 rings (SSSR count). The number of rotatable bonds is 5. The van der Waals surface area contributed by atoms with Crippen molar-refractivity contribution in [3.63, 3.8) is 0 Å². The zero-order valence-corrected chi connectivity index (χ0v) is 13.8. The van der Waals surface area contributed by atoms with E-state index in [1.54, 1.807) is 13.1 Å². The molecular formula is C19H21N3O. The van der Waals surface area contributed by atoms with Gasteiger partial charge in [-0.1, -0.05) is 6.08 Å². The van der Waals surface area contributed by atoms with Crippen molar-refractivity contribution in [3.05, 3.63) is 53.6 Å². The summed E-state index contributed by atoms with van der Waals surface area (Å²) >= 11 is 0. The van der Waals surface area contributed by atoms with Crippen molar-refractivity contribution in [1.29, 1.82) is 0 Å². The number of Topliss-reactive ketones (excluding diaryl/α,β-unsaturated/α-hetero) is 1. The quantitative estimate of drug-likeness (QED) is 0.852. The molecule has 0 aliphatic heterocycles. The summed E-state index contributed by atoms with van der Waals surface area (Å²) < 4.78 is 0. The molecule has 0 bridgehead atoms. The Labute approximate surface area is 136 Å². The number of carbonyl (C=O) groups excluding carboxylic acids is 1. The maximum absolute atomic E-state index is 11.3. The van der Waals surface area contributed by atoms with Crippen molar-refractivity contribution in [2.24, 2.45) is 0 Å². The number of aromatic nitrogens is 2. The SMILES string of the molecule is CC(=O)Cc1cc(-c2cnc3c(c2)C(CN(C)C)=CC3)ccn1. The lowest BCUT2D eigenvalue weighted by Gasteiger charge is -2.13. The van der Waals surface area contributed by atoms with Gasteiger partial charge in [0.05, 0.1) is 5.69 Å². The number of hydrogen-bond acceptors (Lipinski definition) is 4. The second-order valence-electron chi connectivity index (χ2n) is 6.30. The number of nitrogens with zero attached hydrogens (tertiary/aromatic N) is 3. The second kappa shape index (κ2) is 6.42. The minimum atomic E-state index is 0.123. The fourth-order valence-electron chi connectivity index (χ4n) is 2.92. The van der Waals surface area contributed by atoms with E-state index < -0.39 is 0 Å². The summed E-state index contributed by atoms with van der Waals surface area (Å²) in [5.74, 6) is 0.123. The van der Waals surface area contributed by atoms with Gasteiger partial charge in [-0.05, 0) is 50.4 Å². The van der Waals surface area contributed by atoms with E-state index >= 15 is 0 Å². The first-order valence-electron chi connectivity index (χ1n) is 7.80. The first kappa shape index (κ1) is 15.6. The van der Waals surface area contributed by atoms with Gasteiger partial charge in [0, 0.05) is 48.6 Å². The van der Waals surface area contributed by atoms with Crippen LogP contribution < -0.4 is 0 Å². The van der Waals surface area contributed by atoms with Gasteiger partial charge in [-0.3, -0.25) is 14.8 Å². The van der Waals surface area contributed by atoms with Crippen molar-refractivity contribution in [3.8, 4) is 11.1 Å². The Morgan fingerprint density at radius 3 is 2.78 bits per heavy atom. The van der Waals surface area contributed by atoms with Crippen LogP contribution in [0.2, 0.25) is 0 Å². The fourth-order valence-corrected chi connectivity index (χ4v) is 2.92. The first-order chi connectivity index (χ1) is 11.0. The molecule has 2 aromatic rings. The predicted molar refractivity (Wildman–Crippen MR) is 92.1 cm³/mol. The Balaban J connectivity index is 1.93. The third-order valence-electron chi connectivity index (χ3n) is 3.92. The molecule has 0 saturated heterocycles. The topological polar surface area (TPSA) is 46.1 Å². The van der Waals surface area contributed by atoms with Crippen LogP contribution in [0.15, 0.2) is 36.7 Å². The molecule has 4 heteroatoms. The smallest absolute Gasteiger partial charge is 0.135 e. The van der Waals surface area contributed by atoms with Crippen LogP contribution in [0.1, 0.15) is 23.9 Å². The van der Waals surface area contributed by atoms with E-state index in [0.717, 1.165) is 35.5 Å². The fraction of sp³-hybridized carbons (Fsp3) is 0.316. The maximum atomic E-state index is 11.3. The number of hydrogen-bond donors (Lipinski definition) is 0. The molecule has 0 saturated carbocycles. The number of pyridine rings is 2. The molecule has 23 heavy (non-hydrogen) atoms. The third kappa shape index (κ3) is 3.54. The van der Waals surface area contributed by atoms with Gasteiger partial charge in [-0.2, -0.15) is 0 Å². The van der Waals surface area contributed by atoms with Crippen molar-refractivity contribution < 1.29 is 4.79 Å². The summed E-state index contributed by atoms with van der Waals surface area (Å²) in [4.78, 5) is 22.4. The summed E-state index contributed by atoms with van der Waals surface area (Å²) in [6.07, 6.45) is 7.22. The number of allylic oxidation sites excluding steroid dienone is 1. The molecule has 0 amide bonds. The van der Waals surface area contributed by atoms with Crippen LogP contribution in [0.25, 0.3) is 16.7 Å². The number of fused-ring (bicyclic) bond motifs is 1. The lowest BCUT2D eigenvalue weighted by atomic mass is 10.0. The van der Waals surface area contributed by atoms with Crippen molar-refractivity contribution in [1.82, 2.24) is 14.9 Å². The molecule has 1 aliphatic rings. The summed E-state index contributed by atoms with van der Waals surface area (Å²) in [5.41, 5.74) is 6.65. The van der Waals surface area contributed by atoms with Gasteiger partial charge < -0.3 is 4.90 Å². The number of carbonyl (C=O) groups is 1. The first-order valence-corrected chi connectivity index (χ1v) is 7.80. The molecular weight excluding hydrogens is 286 g/mol. The van der Waals surface area contributed by atoms with Gasteiger partial charge in [0.1, 0.15) is 5.78 Å². The van der Waals surface area contributed by atoms with E-state index in [0.29, 0.717) is 6.42 Å². The maximum Gasteiger partial charge on any atom is 0.135 e. The lowest BCUT2D eigenvalue weighted by Crippen LogP contribution is -2.14. The molecule has 118 valence electrons. The average molecular weight is 307 g/mol. The van der Waals surface area contributed by atoms with Crippen LogP contribution in [-0.4, -0.2) is 41.3 Å². The Hall–Kier alpha value is -2.33. The summed E-state index contributed by atoms with van der Waals surface area (Å²) in [6.45, 7) is 2.51. The van der Waals surface area contributed by atoms with Gasteiger partial charge >= 0.3 is 0 Å². The van der Waals surface area contributed by atoms with Crippen LogP contribution in [0.4, 0.5) is 0 Å². The minimum absolute atomic E-state index is 0.123. The molecule has 0 unspecified atom stereocenters. The normalized spacial score (nSPS) is 13.1. The highest BCUT2D eigenvalue weighted by Crippen LogP contribution is 2.30. The molecule has 1 aliphatic carbocycles. The van der Waals surface area contributed by atoms with Gasteiger partial charge in [0.15, 0.2) is 0 Å². The average Bonchev–Trinajstić information content (AvgIpc) is 2.88. The van der Waals surface area contributed by atoms with E-state index in [1.807, 2.05) is 18.3 Å². The molecule has 0 aromatic carbocycles. The Bertz CT molecular complexity index is 778. The van der Waals surface area contributed by atoms with Crippen LogP contribution >= 0.6 is 0 Å². The number of ketones is 1. The molecule has 2 heterocycles. The van der Waals surface area contributed by atoms with Crippen molar-refractivity contribution in [2.75, 3.05) is 20.6 Å².